The van der Waals surface area contributed by atoms with Crippen LogP contribution in [0.2, 0.25) is 0 Å². The lowest BCUT2D eigenvalue weighted by atomic mass is 9.85. The van der Waals surface area contributed by atoms with Gasteiger partial charge in [-0.3, -0.25) is 0 Å². The second-order valence-corrected chi connectivity index (χ2v) is 7.42. The summed E-state index contributed by atoms with van der Waals surface area (Å²) in [6, 6.07) is 21.9. The van der Waals surface area contributed by atoms with Gasteiger partial charge in [0.25, 0.3) is 0 Å². The molecule has 130 valence electrons. The zero-order valence-electron chi connectivity index (χ0n) is 15.7. The number of rotatable bonds is 10. The molecule has 2 aromatic carbocycles. The molecule has 0 radical (unpaired) electrons. The summed E-state index contributed by atoms with van der Waals surface area (Å²) in [5.41, 5.74) is 2.98. The zero-order valence-corrected chi connectivity index (χ0v) is 15.7. The molecule has 3 atom stereocenters. The van der Waals surface area contributed by atoms with Crippen molar-refractivity contribution in [1.82, 2.24) is 0 Å². The van der Waals surface area contributed by atoms with E-state index in [2.05, 4.69) is 81.4 Å². The number of benzene rings is 2. The van der Waals surface area contributed by atoms with Gasteiger partial charge < -0.3 is 0 Å². The molecule has 0 saturated carbocycles. The Labute approximate surface area is 149 Å². The fraction of sp³-hybridized carbons (Fsp3) is 0.500. The van der Waals surface area contributed by atoms with Gasteiger partial charge in [0.2, 0.25) is 0 Å². The van der Waals surface area contributed by atoms with E-state index in [1.807, 2.05) is 0 Å². The molecule has 3 unspecified atom stereocenters. The van der Waals surface area contributed by atoms with Crippen molar-refractivity contribution in [2.24, 2.45) is 5.92 Å². The number of unbranched alkanes of at least 4 members (excludes halogenated alkanes) is 1. The molecule has 2 aromatic rings. The van der Waals surface area contributed by atoms with Crippen molar-refractivity contribution in [1.29, 1.82) is 0 Å². The molecule has 0 aliphatic rings. The van der Waals surface area contributed by atoms with Crippen LogP contribution < -0.4 is 0 Å². The van der Waals surface area contributed by atoms with Crippen molar-refractivity contribution < 1.29 is 0 Å². The van der Waals surface area contributed by atoms with Crippen LogP contribution in [0.5, 0.6) is 0 Å². The first-order valence-corrected chi connectivity index (χ1v) is 9.80. The smallest absolute Gasteiger partial charge is 0.0188 e. The molecule has 0 aliphatic heterocycles. The SMILES string of the molecule is CCC(CCCCC(C)c1ccccc1)CC(C)c1ccccc1. The lowest BCUT2D eigenvalue weighted by Crippen LogP contribution is -2.05. The summed E-state index contributed by atoms with van der Waals surface area (Å²) in [7, 11) is 0. The van der Waals surface area contributed by atoms with Crippen LogP contribution in [0.25, 0.3) is 0 Å². The molecule has 0 amide bonds. The highest BCUT2D eigenvalue weighted by atomic mass is 14.2. The third-order valence-corrected chi connectivity index (χ3v) is 5.50. The molecule has 0 N–H and O–H groups in total. The highest BCUT2D eigenvalue weighted by Crippen LogP contribution is 2.29. The quantitative estimate of drug-likeness (QED) is 0.396. The van der Waals surface area contributed by atoms with E-state index in [4.69, 9.17) is 0 Å². The minimum atomic E-state index is 0.680. The minimum Gasteiger partial charge on any atom is -0.0651 e. The monoisotopic (exact) mass is 322 g/mol. The molecule has 0 saturated heterocycles. The van der Waals surface area contributed by atoms with Gasteiger partial charge in [0.1, 0.15) is 0 Å². The highest BCUT2D eigenvalue weighted by molar-refractivity contribution is 5.19. The summed E-state index contributed by atoms with van der Waals surface area (Å²) >= 11 is 0. The van der Waals surface area contributed by atoms with Crippen molar-refractivity contribution in [3.05, 3.63) is 71.8 Å². The average Bonchev–Trinajstić information content (AvgIpc) is 2.65. The summed E-state index contributed by atoms with van der Waals surface area (Å²) in [6.07, 6.45) is 8.06. The van der Waals surface area contributed by atoms with Gasteiger partial charge in [0.05, 0.1) is 0 Å². The van der Waals surface area contributed by atoms with Crippen LogP contribution in [0.1, 0.15) is 82.3 Å². The van der Waals surface area contributed by atoms with Crippen LogP contribution in [0.15, 0.2) is 60.7 Å². The van der Waals surface area contributed by atoms with Crippen LogP contribution >= 0.6 is 0 Å². The maximum atomic E-state index is 2.38. The van der Waals surface area contributed by atoms with E-state index in [1.54, 1.807) is 0 Å². The van der Waals surface area contributed by atoms with Crippen molar-refractivity contribution >= 4 is 0 Å². The Morgan fingerprint density at radius 2 is 1.17 bits per heavy atom. The Kier molecular flexibility index (Phi) is 8.08. The predicted octanol–water partition coefficient (Wildman–Crippen LogP) is 7.57. The zero-order chi connectivity index (χ0) is 17.2. The lowest BCUT2D eigenvalue weighted by molar-refractivity contribution is 0.386. The fourth-order valence-electron chi connectivity index (χ4n) is 3.74. The van der Waals surface area contributed by atoms with E-state index in [-0.39, 0.29) is 0 Å². The normalized spacial score (nSPS) is 15.0. The van der Waals surface area contributed by atoms with Crippen molar-refractivity contribution in [2.75, 3.05) is 0 Å². The van der Waals surface area contributed by atoms with Crippen LogP contribution in [0, 0.1) is 5.92 Å². The summed E-state index contributed by atoms with van der Waals surface area (Å²) < 4.78 is 0. The summed E-state index contributed by atoms with van der Waals surface area (Å²) in [6.45, 7) is 7.11. The minimum absolute atomic E-state index is 0.680. The molecule has 24 heavy (non-hydrogen) atoms. The third-order valence-electron chi connectivity index (χ3n) is 5.50. The molecule has 2 rings (SSSR count). The molecule has 0 fully saturated rings. The van der Waals surface area contributed by atoms with Gasteiger partial charge in [0.15, 0.2) is 0 Å². The van der Waals surface area contributed by atoms with Gasteiger partial charge in [0, 0.05) is 0 Å². The van der Waals surface area contributed by atoms with E-state index in [9.17, 15) is 0 Å². The van der Waals surface area contributed by atoms with Gasteiger partial charge in [-0.15, -0.1) is 0 Å². The largest absolute Gasteiger partial charge is 0.0651 e. The standard InChI is InChI=1S/C24H34/c1-4-22(19-21(3)24-17-9-6-10-18-24)14-12-11-13-20(2)23-15-7-5-8-16-23/h5-10,15-18,20-22H,4,11-14,19H2,1-3H3. The number of hydrogen-bond acceptors (Lipinski definition) is 0. The van der Waals surface area contributed by atoms with Gasteiger partial charge in [-0.25, -0.2) is 0 Å². The maximum absolute atomic E-state index is 2.38. The molecule has 0 aromatic heterocycles. The van der Waals surface area contributed by atoms with E-state index >= 15 is 0 Å². The van der Waals surface area contributed by atoms with Crippen molar-refractivity contribution in [3.63, 3.8) is 0 Å². The maximum Gasteiger partial charge on any atom is -0.0188 e. The fourth-order valence-corrected chi connectivity index (χ4v) is 3.74. The van der Waals surface area contributed by atoms with E-state index in [0.29, 0.717) is 11.8 Å². The van der Waals surface area contributed by atoms with E-state index in [0.717, 1.165) is 5.92 Å². The van der Waals surface area contributed by atoms with Gasteiger partial charge in [-0.1, -0.05) is 107 Å². The Hall–Kier alpha value is -1.56. The van der Waals surface area contributed by atoms with Crippen molar-refractivity contribution in [2.45, 2.75) is 71.1 Å². The average molecular weight is 323 g/mol. The van der Waals surface area contributed by atoms with Gasteiger partial charge in [-0.2, -0.15) is 0 Å². The second-order valence-electron chi connectivity index (χ2n) is 7.42. The Morgan fingerprint density at radius 3 is 1.71 bits per heavy atom. The Balaban J connectivity index is 1.70. The van der Waals surface area contributed by atoms with E-state index in [1.165, 1.54) is 49.7 Å². The Morgan fingerprint density at radius 1 is 0.667 bits per heavy atom. The first-order chi connectivity index (χ1) is 11.7. The second kappa shape index (κ2) is 10.3. The number of hydrogen-bond donors (Lipinski definition) is 0. The molecule has 0 heterocycles. The van der Waals surface area contributed by atoms with Gasteiger partial charge in [-0.05, 0) is 41.7 Å². The predicted molar refractivity (Wildman–Crippen MR) is 107 cm³/mol. The molecule has 0 spiro atoms. The van der Waals surface area contributed by atoms with Crippen LogP contribution in [-0.4, -0.2) is 0 Å². The summed E-state index contributed by atoms with van der Waals surface area (Å²) in [4.78, 5) is 0. The first kappa shape index (κ1) is 18.8. The highest BCUT2D eigenvalue weighted by Gasteiger charge is 2.13. The van der Waals surface area contributed by atoms with Crippen molar-refractivity contribution in [3.8, 4) is 0 Å². The van der Waals surface area contributed by atoms with Gasteiger partial charge >= 0.3 is 0 Å². The topological polar surface area (TPSA) is 0 Å². The van der Waals surface area contributed by atoms with Crippen LogP contribution in [0.4, 0.5) is 0 Å². The molecule has 0 aliphatic carbocycles. The first-order valence-electron chi connectivity index (χ1n) is 9.80. The summed E-state index contributed by atoms with van der Waals surface area (Å²) in [5.74, 6) is 2.24. The molecule has 0 nitrogen and oxygen atoms in total. The van der Waals surface area contributed by atoms with Crippen LogP contribution in [0.3, 0.4) is 0 Å². The molecular weight excluding hydrogens is 288 g/mol. The summed E-state index contributed by atoms with van der Waals surface area (Å²) in [5, 5.41) is 0. The lowest BCUT2D eigenvalue weighted by Gasteiger charge is -2.20. The third kappa shape index (κ3) is 6.15. The molecule has 0 bridgehead atoms. The molecular formula is C24H34. The van der Waals surface area contributed by atoms with E-state index < -0.39 is 0 Å². The Bertz CT molecular complexity index is 543. The molecule has 0 heteroatoms. The van der Waals surface area contributed by atoms with Crippen LogP contribution in [-0.2, 0) is 0 Å².